The highest BCUT2D eigenvalue weighted by molar-refractivity contribution is 5.94. The average molecular weight is 635 g/mol. The zero-order valence-electron chi connectivity index (χ0n) is 29.2. The van der Waals surface area contributed by atoms with Gasteiger partial charge in [0.15, 0.2) is 0 Å². The van der Waals surface area contributed by atoms with E-state index in [0.29, 0.717) is 36.2 Å². The van der Waals surface area contributed by atoms with Gasteiger partial charge in [-0.25, -0.2) is 0 Å². The van der Waals surface area contributed by atoms with Gasteiger partial charge in [-0.2, -0.15) is 0 Å². The number of likely N-dealkylation sites (tertiary alicyclic amines) is 2. The quantitative estimate of drug-likeness (QED) is 0.223. The molecule has 0 aromatic heterocycles. The summed E-state index contributed by atoms with van der Waals surface area (Å²) in [6.45, 7) is 15.8. The molecule has 0 spiro atoms. The van der Waals surface area contributed by atoms with Crippen molar-refractivity contribution in [3.8, 4) is 11.5 Å². The minimum absolute atomic E-state index is 0.00589. The summed E-state index contributed by atoms with van der Waals surface area (Å²) in [6.07, 6.45) is 5.52. The molecule has 46 heavy (non-hydrogen) atoms. The van der Waals surface area contributed by atoms with Gasteiger partial charge in [0.25, 0.3) is 11.8 Å². The number of piperidine rings is 2. The van der Waals surface area contributed by atoms with Crippen LogP contribution >= 0.6 is 0 Å². The Morgan fingerprint density at radius 1 is 0.674 bits per heavy atom. The number of hydrogen-bond acceptors (Lipinski definition) is 6. The lowest BCUT2D eigenvalue weighted by Gasteiger charge is -2.37. The predicted molar refractivity (Wildman–Crippen MR) is 186 cm³/mol. The van der Waals surface area contributed by atoms with Gasteiger partial charge >= 0.3 is 0 Å². The number of nitrogens with zero attached hydrogens (tertiary/aromatic N) is 4. The van der Waals surface area contributed by atoms with Crippen molar-refractivity contribution in [3.05, 3.63) is 59.7 Å². The third-order valence-corrected chi connectivity index (χ3v) is 9.37. The summed E-state index contributed by atoms with van der Waals surface area (Å²) in [4.78, 5) is 33.8. The molecule has 2 amide bonds. The van der Waals surface area contributed by atoms with E-state index in [4.69, 9.17) is 9.47 Å². The Kier molecular flexibility index (Phi) is 13.8. The molecular formula is C38H58N4O4. The third-order valence-electron chi connectivity index (χ3n) is 9.37. The molecule has 4 atom stereocenters. The molecule has 0 N–H and O–H groups in total. The predicted octanol–water partition coefficient (Wildman–Crippen LogP) is 6.02. The first-order valence-corrected chi connectivity index (χ1v) is 17.4. The van der Waals surface area contributed by atoms with Crippen molar-refractivity contribution in [3.63, 3.8) is 0 Å². The molecule has 2 aliphatic heterocycles. The molecule has 2 heterocycles. The van der Waals surface area contributed by atoms with Crippen LogP contribution in [0.15, 0.2) is 48.5 Å². The van der Waals surface area contributed by atoms with E-state index in [1.807, 2.05) is 60.5 Å². The Hall–Kier alpha value is -3.10. The summed E-state index contributed by atoms with van der Waals surface area (Å²) in [7, 11) is 5.43. The van der Waals surface area contributed by atoms with Crippen LogP contribution in [0.5, 0.6) is 11.5 Å². The molecule has 2 aromatic carbocycles. The van der Waals surface area contributed by atoms with Crippen LogP contribution in [0.3, 0.4) is 0 Å². The second kappa shape index (κ2) is 17.7. The SMILES string of the molecule is CC1C[C@H](C)CN(CCCOc2ccc(C(=O)N(C)CC[C@H]3CC(C)CN(CCCOc4ccc(C(=O)N(C)C)cc4)C3)cc2)C1. The first kappa shape index (κ1) is 35.7. The van der Waals surface area contributed by atoms with Gasteiger partial charge in [0, 0.05) is 78.1 Å². The van der Waals surface area contributed by atoms with Crippen molar-refractivity contribution in [1.29, 1.82) is 0 Å². The maximum absolute atomic E-state index is 13.2. The van der Waals surface area contributed by atoms with Crippen molar-refractivity contribution >= 4 is 11.8 Å². The first-order valence-electron chi connectivity index (χ1n) is 17.4. The van der Waals surface area contributed by atoms with Crippen LogP contribution in [-0.2, 0) is 0 Å². The highest BCUT2D eigenvalue weighted by atomic mass is 16.5. The summed E-state index contributed by atoms with van der Waals surface area (Å²) in [5.41, 5.74) is 1.38. The monoisotopic (exact) mass is 634 g/mol. The third kappa shape index (κ3) is 11.3. The van der Waals surface area contributed by atoms with E-state index >= 15 is 0 Å². The van der Waals surface area contributed by atoms with E-state index in [0.717, 1.165) is 75.3 Å². The van der Waals surface area contributed by atoms with Crippen molar-refractivity contribution < 1.29 is 19.1 Å². The van der Waals surface area contributed by atoms with Gasteiger partial charge in [-0.15, -0.1) is 0 Å². The Morgan fingerprint density at radius 3 is 1.63 bits per heavy atom. The Morgan fingerprint density at radius 2 is 1.13 bits per heavy atom. The van der Waals surface area contributed by atoms with Gasteiger partial charge in [0.1, 0.15) is 11.5 Å². The smallest absolute Gasteiger partial charge is 0.253 e. The van der Waals surface area contributed by atoms with Gasteiger partial charge in [-0.3, -0.25) is 9.59 Å². The standard InChI is InChI=1S/C38H58N4O4/c1-29-23-30(2)26-41(25-29)18-7-21-45-36-15-11-34(12-16-36)38(44)40(6)20-17-32-24-31(3)27-42(28-32)19-8-22-46-35-13-9-33(10-14-35)37(43)39(4)5/h9-16,29-32H,7-8,17-28H2,1-6H3/t29-,30?,31?,32-/m0/s1. The lowest BCUT2D eigenvalue weighted by molar-refractivity contribution is 0.0757. The normalized spacial score (nSPS) is 22.3. The van der Waals surface area contributed by atoms with Gasteiger partial charge in [0.05, 0.1) is 13.2 Å². The largest absolute Gasteiger partial charge is 0.494 e. The highest BCUT2D eigenvalue weighted by Crippen LogP contribution is 2.25. The molecule has 2 aliphatic rings. The van der Waals surface area contributed by atoms with E-state index in [1.54, 1.807) is 19.0 Å². The summed E-state index contributed by atoms with van der Waals surface area (Å²) in [6, 6.07) is 15.0. The lowest BCUT2D eigenvalue weighted by Crippen LogP contribution is -2.41. The molecule has 0 radical (unpaired) electrons. The topological polar surface area (TPSA) is 65.6 Å². The second-order valence-corrected chi connectivity index (χ2v) is 14.3. The number of carbonyl (C=O) groups excluding carboxylic acids is 2. The molecule has 0 saturated carbocycles. The van der Waals surface area contributed by atoms with Crippen molar-refractivity contribution in [2.75, 3.05) is 80.2 Å². The summed E-state index contributed by atoms with van der Waals surface area (Å²) in [5.74, 6) is 4.47. The van der Waals surface area contributed by atoms with Crippen LogP contribution in [0.1, 0.15) is 73.6 Å². The van der Waals surface area contributed by atoms with E-state index < -0.39 is 0 Å². The lowest BCUT2D eigenvalue weighted by atomic mass is 9.88. The Bertz CT molecular complexity index is 1210. The fourth-order valence-electron chi connectivity index (χ4n) is 7.27. The molecule has 254 valence electrons. The van der Waals surface area contributed by atoms with Crippen LogP contribution in [0.25, 0.3) is 0 Å². The highest BCUT2D eigenvalue weighted by Gasteiger charge is 2.25. The Labute approximate surface area is 278 Å². The van der Waals surface area contributed by atoms with Crippen molar-refractivity contribution in [2.45, 2.75) is 52.9 Å². The fraction of sp³-hybridized carbons (Fsp3) is 0.632. The van der Waals surface area contributed by atoms with Gasteiger partial charge < -0.3 is 29.1 Å². The van der Waals surface area contributed by atoms with E-state index in [1.165, 1.54) is 25.9 Å². The van der Waals surface area contributed by atoms with E-state index in [-0.39, 0.29) is 11.8 Å². The molecule has 2 unspecified atom stereocenters. The number of ether oxygens (including phenoxy) is 2. The maximum atomic E-state index is 13.2. The summed E-state index contributed by atoms with van der Waals surface area (Å²) < 4.78 is 11.9. The van der Waals surface area contributed by atoms with Gasteiger partial charge in [-0.05, 0) is 104 Å². The number of carbonyl (C=O) groups is 2. The van der Waals surface area contributed by atoms with Crippen LogP contribution in [-0.4, -0.2) is 112 Å². The molecule has 8 nitrogen and oxygen atoms in total. The first-order chi connectivity index (χ1) is 22.1. The molecule has 2 fully saturated rings. The molecule has 0 bridgehead atoms. The van der Waals surface area contributed by atoms with Crippen LogP contribution in [0.4, 0.5) is 0 Å². The molecule has 0 aliphatic carbocycles. The fourth-order valence-corrected chi connectivity index (χ4v) is 7.27. The van der Waals surface area contributed by atoms with Gasteiger partial charge in [0.2, 0.25) is 0 Å². The van der Waals surface area contributed by atoms with Crippen LogP contribution in [0.2, 0.25) is 0 Å². The second-order valence-electron chi connectivity index (χ2n) is 14.3. The minimum atomic E-state index is -0.00589. The van der Waals surface area contributed by atoms with Gasteiger partial charge in [-0.1, -0.05) is 20.8 Å². The minimum Gasteiger partial charge on any atom is -0.494 e. The zero-order valence-corrected chi connectivity index (χ0v) is 29.2. The van der Waals surface area contributed by atoms with E-state index in [9.17, 15) is 9.59 Å². The van der Waals surface area contributed by atoms with E-state index in [2.05, 4.69) is 30.6 Å². The zero-order chi connectivity index (χ0) is 33.1. The molecule has 2 aromatic rings. The van der Waals surface area contributed by atoms with Crippen LogP contribution < -0.4 is 9.47 Å². The number of hydrogen-bond donors (Lipinski definition) is 0. The maximum Gasteiger partial charge on any atom is 0.253 e. The van der Waals surface area contributed by atoms with Crippen LogP contribution in [0, 0.1) is 23.7 Å². The van der Waals surface area contributed by atoms with Crippen molar-refractivity contribution in [2.24, 2.45) is 23.7 Å². The molecule has 4 rings (SSSR count). The number of amides is 2. The number of rotatable bonds is 15. The molecule has 2 saturated heterocycles. The Balaban J connectivity index is 1.12. The van der Waals surface area contributed by atoms with Crippen molar-refractivity contribution in [1.82, 2.24) is 19.6 Å². The average Bonchev–Trinajstić information content (AvgIpc) is 3.03. The molecule has 8 heteroatoms. The summed E-state index contributed by atoms with van der Waals surface area (Å²) >= 11 is 0. The number of benzene rings is 2. The molecular weight excluding hydrogens is 576 g/mol. The summed E-state index contributed by atoms with van der Waals surface area (Å²) in [5, 5.41) is 0.